The van der Waals surface area contributed by atoms with Crippen molar-refractivity contribution in [1.82, 2.24) is 0 Å². The summed E-state index contributed by atoms with van der Waals surface area (Å²) in [6.45, 7) is 0. The summed E-state index contributed by atoms with van der Waals surface area (Å²) in [5.74, 6) is 0. The van der Waals surface area contributed by atoms with E-state index in [9.17, 15) is 0 Å². The summed E-state index contributed by atoms with van der Waals surface area (Å²) in [5, 5.41) is 13.1. The Labute approximate surface area is 115 Å². The van der Waals surface area contributed by atoms with Crippen molar-refractivity contribution in [2.24, 2.45) is 0 Å². The highest BCUT2D eigenvalue weighted by Gasteiger charge is 2.07. The lowest BCUT2D eigenvalue weighted by Crippen LogP contribution is -1.99. The molecule has 0 amide bonds. The van der Waals surface area contributed by atoms with Gasteiger partial charge in [-0.25, -0.2) is 0 Å². The highest BCUT2D eigenvalue weighted by Crippen LogP contribution is 2.31. The number of nitrogen functional groups attached to an aromatic ring is 1. The number of nitrogens with two attached hydrogens (primary N) is 1. The van der Waals surface area contributed by atoms with Crippen molar-refractivity contribution in [3.63, 3.8) is 0 Å². The summed E-state index contributed by atoms with van der Waals surface area (Å²) in [7, 11) is 0. The van der Waals surface area contributed by atoms with Crippen molar-refractivity contribution in [3.8, 4) is 6.07 Å². The van der Waals surface area contributed by atoms with Gasteiger partial charge in [-0.2, -0.15) is 5.26 Å². The van der Waals surface area contributed by atoms with E-state index in [1.807, 2.05) is 6.07 Å². The van der Waals surface area contributed by atoms with Crippen molar-refractivity contribution in [1.29, 1.82) is 5.26 Å². The van der Waals surface area contributed by atoms with Gasteiger partial charge >= 0.3 is 0 Å². The lowest BCUT2D eigenvalue weighted by molar-refractivity contribution is 1.47. The number of anilines is 3. The molecule has 0 spiro atoms. The predicted octanol–water partition coefficient (Wildman–Crippen LogP) is 4.19. The summed E-state index contributed by atoms with van der Waals surface area (Å²) >= 11 is 11.9. The third-order valence-electron chi connectivity index (χ3n) is 2.42. The molecular weight excluding hydrogens is 269 g/mol. The smallest absolute Gasteiger partial charge is 0.101 e. The fourth-order valence-corrected chi connectivity index (χ4v) is 1.85. The molecule has 0 saturated carbocycles. The van der Waals surface area contributed by atoms with E-state index >= 15 is 0 Å². The molecule has 5 heteroatoms. The number of nitrogens with zero attached hydrogens (tertiary/aromatic N) is 1. The fraction of sp³-hybridized carbons (Fsp3) is 0. The number of nitrogens with one attached hydrogen (secondary N) is 1. The Morgan fingerprint density at radius 2 is 1.89 bits per heavy atom. The van der Waals surface area contributed by atoms with Gasteiger partial charge in [0.1, 0.15) is 6.07 Å². The van der Waals surface area contributed by atoms with Crippen molar-refractivity contribution in [3.05, 3.63) is 52.0 Å². The van der Waals surface area contributed by atoms with E-state index in [1.165, 1.54) is 0 Å². The molecule has 90 valence electrons. The Morgan fingerprint density at radius 3 is 2.61 bits per heavy atom. The third kappa shape index (κ3) is 2.51. The maximum absolute atomic E-state index is 8.90. The second-order valence-electron chi connectivity index (χ2n) is 3.63. The van der Waals surface area contributed by atoms with Crippen LogP contribution >= 0.6 is 23.2 Å². The normalized spacial score (nSPS) is 9.83. The number of benzene rings is 2. The molecule has 0 atom stereocenters. The Morgan fingerprint density at radius 1 is 1.11 bits per heavy atom. The zero-order chi connectivity index (χ0) is 13.1. The maximum atomic E-state index is 8.90. The van der Waals surface area contributed by atoms with Crippen LogP contribution in [-0.4, -0.2) is 0 Å². The van der Waals surface area contributed by atoms with Crippen LogP contribution in [0.4, 0.5) is 17.1 Å². The maximum Gasteiger partial charge on any atom is 0.101 e. The second-order valence-corrected chi connectivity index (χ2v) is 4.47. The molecule has 2 aromatic carbocycles. The van der Waals surface area contributed by atoms with Crippen LogP contribution < -0.4 is 11.1 Å². The van der Waals surface area contributed by atoms with E-state index in [4.69, 9.17) is 34.2 Å². The van der Waals surface area contributed by atoms with Crippen molar-refractivity contribution in [2.75, 3.05) is 11.1 Å². The molecule has 0 bridgehead atoms. The summed E-state index contributed by atoms with van der Waals surface area (Å²) in [6, 6.07) is 12.3. The SMILES string of the molecule is N#Cc1cccc(Nc2cc(Cl)ccc2Cl)c1N. The first kappa shape index (κ1) is 12.6. The molecule has 0 heterocycles. The van der Waals surface area contributed by atoms with E-state index in [0.29, 0.717) is 32.7 Å². The third-order valence-corrected chi connectivity index (χ3v) is 2.99. The van der Waals surface area contributed by atoms with E-state index in [-0.39, 0.29) is 0 Å². The molecule has 2 rings (SSSR count). The van der Waals surface area contributed by atoms with Gasteiger partial charge in [-0.1, -0.05) is 29.3 Å². The summed E-state index contributed by atoms with van der Waals surface area (Å²) in [5.41, 5.74) is 7.94. The minimum Gasteiger partial charge on any atom is -0.396 e. The average molecular weight is 278 g/mol. The van der Waals surface area contributed by atoms with Crippen molar-refractivity contribution >= 4 is 40.3 Å². The van der Waals surface area contributed by atoms with Crippen LogP contribution in [0.5, 0.6) is 0 Å². The standard InChI is InChI=1S/C13H9Cl2N3/c14-9-4-5-10(15)12(6-9)18-11-3-1-2-8(7-16)13(11)17/h1-6,18H,17H2. The zero-order valence-corrected chi connectivity index (χ0v) is 10.8. The first-order valence-corrected chi connectivity index (χ1v) is 5.88. The number of rotatable bonds is 2. The second kappa shape index (κ2) is 5.18. The van der Waals surface area contributed by atoms with Crippen LogP contribution in [0.25, 0.3) is 0 Å². The summed E-state index contributed by atoms with van der Waals surface area (Å²) in [4.78, 5) is 0. The summed E-state index contributed by atoms with van der Waals surface area (Å²) < 4.78 is 0. The Kier molecular flexibility index (Phi) is 3.61. The van der Waals surface area contributed by atoms with Gasteiger partial charge in [0, 0.05) is 5.02 Å². The lowest BCUT2D eigenvalue weighted by atomic mass is 10.1. The average Bonchev–Trinajstić information content (AvgIpc) is 2.36. The van der Waals surface area contributed by atoms with Gasteiger partial charge in [-0.3, -0.25) is 0 Å². The van der Waals surface area contributed by atoms with Gasteiger partial charge in [-0.05, 0) is 30.3 Å². The minimum atomic E-state index is 0.385. The molecule has 0 aliphatic heterocycles. The van der Waals surface area contributed by atoms with Crippen LogP contribution in [0.1, 0.15) is 5.56 Å². The quantitative estimate of drug-likeness (QED) is 0.809. The van der Waals surface area contributed by atoms with E-state index in [1.54, 1.807) is 36.4 Å². The molecule has 0 aromatic heterocycles. The monoisotopic (exact) mass is 277 g/mol. The zero-order valence-electron chi connectivity index (χ0n) is 9.24. The fourth-order valence-electron chi connectivity index (χ4n) is 1.51. The largest absolute Gasteiger partial charge is 0.396 e. The molecule has 0 radical (unpaired) electrons. The molecule has 0 saturated heterocycles. The first-order valence-electron chi connectivity index (χ1n) is 5.12. The molecule has 0 aliphatic rings. The topological polar surface area (TPSA) is 61.8 Å². The van der Waals surface area contributed by atoms with E-state index < -0.39 is 0 Å². The van der Waals surface area contributed by atoms with Crippen molar-refractivity contribution in [2.45, 2.75) is 0 Å². The Hall–Kier alpha value is -1.89. The Balaban J connectivity index is 2.41. The van der Waals surface area contributed by atoms with E-state index in [2.05, 4.69) is 5.32 Å². The van der Waals surface area contributed by atoms with Crippen LogP contribution in [0.15, 0.2) is 36.4 Å². The molecular formula is C13H9Cl2N3. The number of para-hydroxylation sites is 1. The molecule has 3 nitrogen and oxygen atoms in total. The molecule has 0 fully saturated rings. The molecule has 2 aromatic rings. The van der Waals surface area contributed by atoms with Crippen molar-refractivity contribution < 1.29 is 0 Å². The highest BCUT2D eigenvalue weighted by atomic mass is 35.5. The molecule has 18 heavy (non-hydrogen) atoms. The van der Waals surface area contributed by atoms with Gasteiger partial charge in [0.2, 0.25) is 0 Å². The number of halogens is 2. The number of hydrogen-bond acceptors (Lipinski definition) is 3. The first-order chi connectivity index (χ1) is 8.61. The van der Waals surface area contributed by atoms with Gasteiger partial charge in [0.25, 0.3) is 0 Å². The van der Waals surface area contributed by atoms with Gasteiger partial charge in [0.05, 0.1) is 27.6 Å². The van der Waals surface area contributed by atoms with Crippen LogP contribution in [0.2, 0.25) is 10.0 Å². The van der Waals surface area contributed by atoms with E-state index in [0.717, 1.165) is 0 Å². The highest BCUT2D eigenvalue weighted by molar-refractivity contribution is 6.35. The lowest BCUT2D eigenvalue weighted by Gasteiger charge is -2.11. The van der Waals surface area contributed by atoms with Gasteiger partial charge in [-0.15, -0.1) is 0 Å². The van der Waals surface area contributed by atoms with Gasteiger partial charge < -0.3 is 11.1 Å². The number of nitriles is 1. The van der Waals surface area contributed by atoms with Crippen LogP contribution in [-0.2, 0) is 0 Å². The minimum absolute atomic E-state index is 0.385. The Bertz CT molecular complexity index is 633. The number of hydrogen-bond donors (Lipinski definition) is 2. The van der Waals surface area contributed by atoms with Crippen LogP contribution in [0.3, 0.4) is 0 Å². The molecule has 0 aliphatic carbocycles. The predicted molar refractivity (Wildman–Crippen MR) is 75.3 cm³/mol. The van der Waals surface area contributed by atoms with Gasteiger partial charge in [0.15, 0.2) is 0 Å². The van der Waals surface area contributed by atoms with Crippen LogP contribution in [0, 0.1) is 11.3 Å². The molecule has 0 unspecified atom stereocenters. The summed E-state index contributed by atoms with van der Waals surface area (Å²) in [6.07, 6.45) is 0. The molecule has 3 N–H and O–H groups in total.